The molecule has 0 atom stereocenters. The van der Waals surface area contributed by atoms with Crippen LogP contribution in [0.25, 0.3) is 0 Å². The van der Waals surface area contributed by atoms with Gasteiger partial charge in [0.25, 0.3) is 5.91 Å². The van der Waals surface area contributed by atoms with E-state index in [1.165, 1.54) is 10.9 Å². The van der Waals surface area contributed by atoms with Crippen LogP contribution in [0.4, 0.5) is 0 Å². The summed E-state index contributed by atoms with van der Waals surface area (Å²) in [5.74, 6) is -1.13. The molecular weight excluding hydrogens is 286 g/mol. The molecule has 2 heterocycles. The summed E-state index contributed by atoms with van der Waals surface area (Å²) >= 11 is 0. The maximum atomic E-state index is 12.5. The van der Waals surface area contributed by atoms with Crippen LogP contribution in [0.2, 0.25) is 0 Å². The quantitative estimate of drug-likeness (QED) is 0.846. The number of aliphatic carboxylic acids is 1. The smallest absolute Gasteiger partial charge is 0.305 e. The maximum absolute atomic E-state index is 12.5. The van der Waals surface area contributed by atoms with E-state index in [4.69, 9.17) is 5.11 Å². The molecule has 0 unspecified atom stereocenters. The van der Waals surface area contributed by atoms with Gasteiger partial charge in [0.1, 0.15) is 5.69 Å². The summed E-state index contributed by atoms with van der Waals surface area (Å²) in [4.78, 5) is 24.7. The third kappa shape index (κ3) is 3.33. The number of carboxylic acids is 1. The molecule has 8 heteroatoms. The van der Waals surface area contributed by atoms with Crippen molar-refractivity contribution >= 4 is 11.9 Å². The highest BCUT2D eigenvalue weighted by Gasteiger charge is 2.18. The lowest BCUT2D eigenvalue weighted by atomic mass is 10.2. The fraction of sp³-hybridized carbons (Fsp3) is 0.429. The average molecular weight is 305 g/mol. The molecule has 118 valence electrons. The molecule has 0 fully saturated rings. The zero-order chi connectivity index (χ0) is 16.3. The van der Waals surface area contributed by atoms with Gasteiger partial charge in [-0.05, 0) is 13.0 Å². The van der Waals surface area contributed by atoms with Gasteiger partial charge in [0.05, 0.1) is 19.2 Å². The van der Waals surface area contributed by atoms with Crippen LogP contribution in [0.5, 0.6) is 0 Å². The molecule has 0 aliphatic heterocycles. The van der Waals surface area contributed by atoms with E-state index in [1.807, 2.05) is 14.0 Å². The first-order valence-corrected chi connectivity index (χ1v) is 6.86. The fourth-order valence-corrected chi connectivity index (χ4v) is 2.12. The Balaban J connectivity index is 2.09. The molecule has 1 amide bonds. The van der Waals surface area contributed by atoms with Gasteiger partial charge in [-0.15, -0.1) is 0 Å². The van der Waals surface area contributed by atoms with E-state index >= 15 is 0 Å². The lowest BCUT2D eigenvalue weighted by Crippen LogP contribution is -2.29. The Morgan fingerprint density at radius 2 is 2.09 bits per heavy atom. The topological polar surface area (TPSA) is 93.2 Å². The number of hydrogen-bond acceptors (Lipinski definition) is 4. The molecule has 0 saturated carbocycles. The summed E-state index contributed by atoms with van der Waals surface area (Å²) in [6, 6.07) is 1.59. The van der Waals surface area contributed by atoms with E-state index in [2.05, 4.69) is 10.2 Å². The molecule has 2 aromatic rings. The van der Waals surface area contributed by atoms with E-state index < -0.39 is 5.97 Å². The normalized spacial score (nSPS) is 10.7. The van der Waals surface area contributed by atoms with E-state index in [0.29, 0.717) is 12.2 Å². The second-order valence-electron chi connectivity index (χ2n) is 5.12. The minimum atomic E-state index is -0.923. The molecule has 0 aliphatic rings. The Hall–Kier alpha value is -2.64. The molecule has 22 heavy (non-hydrogen) atoms. The SMILES string of the molecule is Cc1c(CN(C)C(=O)c2ccnn2CCC(=O)O)cnn1C. The van der Waals surface area contributed by atoms with E-state index in [-0.39, 0.29) is 18.9 Å². The number of aryl methyl sites for hydroxylation is 2. The van der Waals surface area contributed by atoms with Crippen molar-refractivity contribution in [3.63, 3.8) is 0 Å². The first-order valence-electron chi connectivity index (χ1n) is 6.86. The van der Waals surface area contributed by atoms with Crippen molar-refractivity contribution < 1.29 is 14.7 Å². The van der Waals surface area contributed by atoms with Crippen LogP contribution in [0.15, 0.2) is 18.5 Å². The van der Waals surface area contributed by atoms with Crippen LogP contribution in [-0.4, -0.2) is 48.5 Å². The van der Waals surface area contributed by atoms with Crippen molar-refractivity contribution in [3.05, 3.63) is 35.4 Å². The average Bonchev–Trinajstić information content (AvgIpc) is 3.06. The molecule has 0 bridgehead atoms. The molecule has 1 N–H and O–H groups in total. The Morgan fingerprint density at radius 1 is 1.36 bits per heavy atom. The summed E-state index contributed by atoms with van der Waals surface area (Å²) in [5, 5.41) is 16.9. The van der Waals surface area contributed by atoms with E-state index in [1.54, 1.807) is 28.9 Å². The first kappa shape index (κ1) is 15.7. The van der Waals surface area contributed by atoms with Crippen molar-refractivity contribution in [1.82, 2.24) is 24.5 Å². The summed E-state index contributed by atoms with van der Waals surface area (Å²) in [7, 11) is 3.55. The minimum Gasteiger partial charge on any atom is -0.481 e. The maximum Gasteiger partial charge on any atom is 0.305 e. The first-order chi connectivity index (χ1) is 10.4. The van der Waals surface area contributed by atoms with Crippen LogP contribution in [0.3, 0.4) is 0 Å². The predicted molar refractivity (Wildman–Crippen MR) is 78.2 cm³/mol. The van der Waals surface area contributed by atoms with Crippen molar-refractivity contribution in [2.75, 3.05) is 7.05 Å². The van der Waals surface area contributed by atoms with Gasteiger partial charge >= 0.3 is 5.97 Å². The number of nitrogens with zero attached hydrogens (tertiary/aromatic N) is 5. The molecule has 0 saturated heterocycles. The number of rotatable bonds is 6. The van der Waals surface area contributed by atoms with Crippen LogP contribution < -0.4 is 0 Å². The van der Waals surface area contributed by atoms with Gasteiger partial charge in [-0.1, -0.05) is 0 Å². The molecule has 2 aromatic heterocycles. The number of hydrogen-bond donors (Lipinski definition) is 1. The zero-order valence-electron chi connectivity index (χ0n) is 12.9. The second-order valence-corrected chi connectivity index (χ2v) is 5.12. The number of carboxylic acid groups (broad SMARTS) is 1. The molecule has 0 aliphatic carbocycles. The lowest BCUT2D eigenvalue weighted by molar-refractivity contribution is -0.137. The van der Waals surface area contributed by atoms with Crippen molar-refractivity contribution in [1.29, 1.82) is 0 Å². The van der Waals surface area contributed by atoms with Gasteiger partial charge in [0, 0.05) is 38.1 Å². The molecule has 8 nitrogen and oxygen atoms in total. The predicted octanol–water partition coefficient (Wildman–Crippen LogP) is 0.672. The number of aromatic nitrogens is 4. The van der Waals surface area contributed by atoms with Crippen molar-refractivity contribution in [2.24, 2.45) is 7.05 Å². The molecular formula is C14H19N5O3. The highest BCUT2D eigenvalue weighted by Crippen LogP contribution is 2.11. The summed E-state index contributed by atoms with van der Waals surface area (Å²) in [5.41, 5.74) is 2.35. The van der Waals surface area contributed by atoms with Crippen molar-refractivity contribution in [3.8, 4) is 0 Å². The number of carbonyl (C=O) groups excluding carboxylic acids is 1. The van der Waals surface area contributed by atoms with Crippen molar-refractivity contribution in [2.45, 2.75) is 26.4 Å². The minimum absolute atomic E-state index is 0.0760. The van der Waals surface area contributed by atoms with Gasteiger partial charge in [-0.2, -0.15) is 10.2 Å². The molecule has 2 rings (SSSR count). The summed E-state index contributed by atoms with van der Waals surface area (Å²) in [6.45, 7) is 2.55. The van der Waals surface area contributed by atoms with Crippen LogP contribution >= 0.6 is 0 Å². The van der Waals surface area contributed by atoms with Gasteiger partial charge < -0.3 is 10.0 Å². The lowest BCUT2D eigenvalue weighted by Gasteiger charge is -2.17. The van der Waals surface area contributed by atoms with Crippen LogP contribution in [0, 0.1) is 6.92 Å². The van der Waals surface area contributed by atoms with Crippen LogP contribution in [-0.2, 0) is 24.9 Å². The van der Waals surface area contributed by atoms with Gasteiger partial charge in [0.2, 0.25) is 0 Å². The highest BCUT2D eigenvalue weighted by atomic mass is 16.4. The molecule has 0 radical (unpaired) electrons. The summed E-state index contributed by atoms with van der Waals surface area (Å²) in [6.07, 6.45) is 3.16. The monoisotopic (exact) mass is 305 g/mol. The largest absolute Gasteiger partial charge is 0.481 e. The Bertz CT molecular complexity index is 688. The number of carbonyl (C=O) groups is 2. The summed E-state index contributed by atoms with van der Waals surface area (Å²) < 4.78 is 3.17. The second kappa shape index (κ2) is 6.42. The number of amides is 1. The molecule has 0 aromatic carbocycles. The van der Waals surface area contributed by atoms with Crippen LogP contribution in [0.1, 0.15) is 28.2 Å². The highest BCUT2D eigenvalue weighted by molar-refractivity contribution is 5.92. The Morgan fingerprint density at radius 3 is 2.68 bits per heavy atom. The van der Waals surface area contributed by atoms with E-state index in [0.717, 1.165) is 11.3 Å². The van der Waals surface area contributed by atoms with Gasteiger partial charge in [-0.25, -0.2) is 0 Å². The standard InChI is InChI=1S/C14H19N5O3/c1-10-11(8-16-18(10)3)9-17(2)14(22)12-4-6-15-19(12)7-5-13(20)21/h4,6,8H,5,7,9H2,1-3H3,(H,20,21). The third-order valence-corrected chi connectivity index (χ3v) is 3.56. The van der Waals surface area contributed by atoms with Gasteiger partial charge in [-0.3, -0.25) is 19.0 Å². The Labute approximate surface area is 127 Å². The Kier molecular flexibility index (Phi) is 4.59. The molecule has 0 spiro atoms. The zero-order valence-corrected chi connectivity index (χ0v) is 12.9. The van der Waals surface area contributed by atoms with Gasteiger partial charge in [0.15, 0.2) is 0 Å². The fourth-order valence-electron chi connectivity index (χ4n) is 2.12. The van der Waals surface area contributed by atoms with E-state index in [9.17, 15) is 9.59 Å². The third-order valence-electron chi connectivity index (χ3n) is 3.56.